The maximum atomic E-state index is 9.72. The van der Waals surface area contributed by atoms with Gasteiger partial charge in [0.15, 0.2) is 0 Å². The van der Waals surface area contributed by atoms with Gasteiger partial charge in [0, 0.05) is 11.8 Å². The first-order valence-corrected chi connectivity index (χ1v) is 2.09. The van der Waals surface area contributed by atoms with Gasteiger partial charge >= 0.3 is 5.97 Å². The molecular formula is C5H7NO2. The van der Waals surface area contributed by atoms with Gasteiger partial charge in [-0.2, -0.15) is 0 Å². The molecule has 44 valence electrons. The van der Waals surface area contributed by atoms with E-state index in [0.717, 1.165) is 6.08 Å². The van der Waals surface area contributed by atoms with Crippen molar-refractivity contribution in [1.82, 2.24) is 0 Å². The van der Waals surface area contributed by atoms with Crippen LogP contribution in [0, 0.1) is 5.41 Å². The molecule has 0 amide bonds. The minimum absolute atomic E-state index is 0.243. The number of hydrogen-bond donors (Lipinski definition) is 2. The highest BCUT2D eigenvalue weighted by atomic mass is 16.4. The number of aliphatic carboxylic acids is 1. The van der Waals surface area contributed by atoms with Crippen molar-refractivity contribution in [3.8, 4) is 0 Å². The Morgan fingerprint density at radius 2 is 2.12 bits per heavy atom. The third-order valence-corrected chi connectivity index (χ3v) is 0.476. The highest BCUT2D eigenvalue weighted by Gasteiger charge is 1.83. The van der Waals surface area contributed by atoms with Gasteiger partial charge in [-0.1, -0.05) is 0 Å². The number of rotatable bonds is 2. The molecule has 0 aliphatic carbocycles. The number of carbonyl (C=O) groups is 1. The van der Waals surface area contributed by atoms with Crippen molar-refractivity contribution < 1.29 is 9.90 Å². The van der Waals surface area contributed by atoms with E-state index < -0.39 is 5.97 Å². The molecule has 0 saturated heterocycles. The molecule has 8 heavy (non-hydrogen) atoms. The third-order valence-electron chi connectivity index (χ3n) is 0.476. The number of allylic oxidation sites excluding steroid dienone is 1. The van der Waals surface area contributed by atoms with Crippen LogP contribution in [0.2, 0.25) is 0 Å². The Morgan fingerprint density at radius 1 is 1.62 bits per heavy atom. The summed E-state index contributed by atoms with van der Waals surface area (Å²) in [6.07, 6.45) is 2.16. The van der Waals surface area contributed by atoms with E-state index in [1.807, 2.05) is 0 Å². The van der Waals surface area contributed by atoms with Gasteiger partial charge in [-0.15, -0.1) is 0 Å². The minimum atomic E-state index is -1.02. The van der Waals surface area contributed by atoms with Crippen LogP contribution in [0.25, 0.3) is 0 Å². The third kappa shape index (κ3) is 4.88. The van der Waals surface area contributed by atoms with Crippen LogP contribution in [0.1, 0.15) is 6.92 Å². The predicted molar refractivity (Wildman–Crippen MR) is 30.2 cm³/mol. The topological polar surface area (TPSA) is 61.2 Å². The molecule has 0 spiro atoms. The average molecular weight is 113 g/mol. The Bertz CT molecular complexity index is 121. The van der Waals surface area contributed by atoms with Crippen LogP contribution in [0.15, 0.2) is 12.2 Å². The second-order valence-electron chi connectivity index (χ2n) is 1.35. The summed E-state index contributed by atoms with van der Waals surface area (Å²) in [5.74, 6) is -1.02. The van der Waals surface area contributed by atoms with Gasteiger partial charge in [-0.25, -0.2) is 4.79 Å². The zero-order valence-electron chi connectivity index (χ0n) is 4.51. The van der Waals surface area contributed by atoms with Crippen LogP contribution >= 0.6 is 0 Å². The predicted octanol–water partition coefficient (Wildman–Crippen LogP) is 0.667. The second-order valence-corrected chi connectivity index (χ2v) is 1.35. The molecule has 0 atom stereocenters. The SMILES string of the molecule is CC(=N)/C=C\C(=O)O. The molecule has 3 nitrogen and oxygen atoms in total. The molecule has 0 aliphatic heterocycles. The van der Waals surface area contributed by atoms with Crippen molar-refractivity contribution in [1.29, 1.82) is 5.41 Å². The first-order chi connectivity index (χ1) is 3.63. The smallest absolute Gasteiger partial charge is 0.328 e. The zero-order chi connectivity index (χ0) is 6.57. The summed E-state index contributed by atoms with van der Waals surface area (Å²) in [4.78, 5) is 9.72. The fourth-order valence-electron chi connectivity index (χ4n) is 0.196. The molecule has 0 aromatic carbocycles. The number of nitrogens with one attached hydrogen (secondary N) is 1. The lowest BCUT2D eigenvalue weighted by Crippen LogP contribution is -1.88. The summed E-state index contributed by atoms with van der Waals surface area (Å²) < 4.78 is 0. The Kier molecular flexibility index (Phi) is 2.54. The molecule has 0 fully saturated rings. The lowest BCUT2D eigenvalue weighted by atomic mass is 10.4. The summed E-state index contributed by atoms with van der Waals surface area (Å²) in [7, 11) is 0. The molecule has 2 N–H and O–H groups in total. The van der Waals surface area contributed by atoms with Crippen LogP contribution in [0.3, 0.4) is 0 Å². The largest absolute Gasteiger partial charge is 0.478 e. The van der Waals surface area contributed by atoms with Crippen molar-refractivity contribution in [2.75, 3.05) is 0 Å². The fourth-order valence-corrected chi connectivity index (χ4v) is 0.196. The van der Waals surface area contributed by atoms with E-state index in [1.165, 1.54) is 13.0 Å². The second kappa shape index (κ2) is 2.96. The van der Waals surface area contributed by atoms with E-state index in [0.29, 0.717) is 0 Å². The molecule has 0 unspecified atom stereocenters. The van der Waals surface area contributed by atoms with E-state index in [1.54, 1.807) is 0 Å². The van der Waals surface area contributed by atoms with E-state index >= 15 is 0 Å². The van der Waals surface area contributed by atoms with Gasteiger partial charge in [0.05, 0.1) is 0 Å². The number of carboxylic acid groups (broad SMARTS) is 1. The first kappa shape index (κ1) is 6.88. The van der Waals surface area contributed by atoms with Crippen molar-refractivity contribution in [3.05, 3.63) is 12.2 Å². The van der Waals surface area contributed by atoms with Gasteiger partial charge in [0.25, 0.3) is 0 Å². The number of hydrogen-bond acceptors (Lipinski definition) is 2. The monoisotopic (exact) mass is 113 g/mol. The molecular weight excluding hydrogens is 106 g/mol. The van der Waals surface area contributed by atoms with Crippen LogP contribution in [0.4, 0.5) is 0 Å². The van der Waals surface area contributed by atoms with Gasteiger partial charge in [-0.3, -0.25) is 0 Å². The van der Waals surface area contributed by atoms with Gasteiger partial charge in [0.2, 0.25) is 0 Å². The summed E-state index contributed by atoms with van der Waals surface area (Å²) in [5.41, 5.74) is 0.243. The molecule has 0 heterocycles. The van der Waals surface area contributed by atoms with Gasteiger partial charge in [0.1, 0.15) is 0 Å². The van der Waals surface area contributed by atoms with Crippen LogP contribution in [-0.4, -0.2) is 16.8 Å². The van der Waals surface area contributed by atoms with Gasteiger partial charge < -0.3 is 10.5 Å². The van der Waals surface area contributed by atoms with Crippen molar-refractivity contribution in [3.63, 3.8) is 0 Å². The Hall–Kier alpha value is -1.12. The molecule has 0 saturated carbocycles. The lowest BCUT2D eigenvalue weighted by Gasteiger charge is -1.77. The molecule has 0 aliphatic rings. The van der Waals surface area contributed by atoms with E-state index in [2.05, 4.69) is 0 Å². The Labute approximate surface area is 47.2 Å². The Balaban J connectivity index is 3.67. The normalized spacial score (nSPS) is 9.62. The van der Waals surface area contributed by atoms with Gasteiger partial charge in [-0.05, 0) is 13.0 Å². The molecule has 0 bridgehead atoms. The van der Waals surface area contributed by atoms with Crippen LogP contribution in [0.5, 0.6) is 0 Å². The van der Waals surface area contributed by atoms with Crippen molar-refractivity contribution in [2.24, 2.45) is 0 Å². The minimum Gasteiger partial charge on any atom is -0.478 e. The molecule has 0 aromatic heterocycles. The zero-order valence-corrected chi connectivity index (χ0v) is 4.51. The van der Waals surface area contributed by atoms with Crippen LogP contribution < -0.4 is 0 Å². The average Bonchev–Trinajstić information content (AvgIpc) is 1.61. The molecule has 0 radical (unpaired) electrons. The van der Waals surface area contributed by atoms with Crippen molar-refractivity contribution in [2.45, 2.75) is 6.92 Å². The Morgan fingerprint density at radius 3 is 2.25 bits per heavy atom. The maximum Gasteiger partial charge on any atom is 0.328 e. The van der Waals surface area contributed by atoms with Crippen molar-refractivity contribution >= 4 is 11.7 Å². The lowest BCUT2D eigenvalue weighted by molar-refractivity contribution is -0.131. The fraction of sp³-hybridized carbons (Fsp3) is 0.200. The molecule has 0 rings (SSSR count). The van der Waals surface area contributed by atoms with E-state index in [9.17, 15) is 4.79 Å². The van der Waals surface area contributed by atoms with Crippen LogP contribution in [-0.2, 0) is 4.79 Å². The highest BCUT2D eigenvalue weighted by molar-refractivity contribution is 5.95. The summed E-state index contributed by atoms with van der Waals surface area (Å²) >= 11 is 0. The van der Waals surface area contributed by atoms with E-state index in [4.69, 9.17) is 10.5 Å². The quantitative estimate of drug-likeness (QED) is 0.408. The van der Waals surface area contributed by atoms with E-state index in [-0.39, 0.29) is 5.71 Å². The first-order valence-electron chi connectivity index (χ1n) is 2.09. The molecule has 3 heteroatoms. The maximum absolute atomic E-state index is 9.72. The summed E-state index contributed by atoms with van der Waals surface area (Å²) in [6, 6.07) is 0. The summed E-state index contributed by atoms with van der Waals surface area (Å²) in [6.45, 7) is 1.51. The summed E-state index contributed by atoms with van der Waals surface area (Å²) in [5, 5.41) is 14.7. The highest BCUT2D eigenvalue weighted by Crippen LogP contribution is 1.73. The number of carboxylic acids is 1. The molecule has 0 aromatic rings. The standard InChI is InChI=1S/C5H7NO2/c1-4(6)2-3-5(7)8/h2-3,6H,1H3,(H,7,8)/b3-2-,6-4?.